The quantitative estimate of drug-likeness (QED) is 0.313. The summed E-state index contributed by atoms with van der Waals surface area (Å²) in [5.74, 6) is -0.226. The number of rotatable bonds is 14. The van der Waals surface area contributed by atoms with Gasteiger partial charge in [-0.25, -0.2) is 8.42 Å². The summed E-state index contributed by atoms with van der Waals surface area (Å²) >= 11 is 0. The minimum atomic E-state index is -3.94. The lowest BCUT2D eigenvalue weighted by Gasteiger charge is -2.20. The average molecular weight is 534 g/mol. The van der Waals surface area contributed by atoms with E-state index in [0.717, 1.165) is 30.0 Å². The van der Waals surface area contributed by atoms with Crippen LogP contribution in [0.15, 0.2) is 44.2 Å². The van der Waals surface area contributed by atoms with E-state index in [-0.39, 0.29) is 58.8 Å². The van der Waals surface area contributed by atoms with Gasteiger partial charge in [0.2, 0.25) is 15.9 Å². The summed E-state index contributed by atoms with van der Waals surface area (Å²) in [5.41, 5.74) is -0.216. The van der Waals surface area contributed by atoms with Gasteiger partial charge in [-0.1, -0.05) is 33.1 Å². The molecule has 2 aromatic rings. The monoisotopic (exact) mass is 533 g/mol. The number of unbranched alkanes of at least 4 members (excludes halogenated alkanes) is 1. The molecule has 1 aromatic heterocycles. The molecule has 0 spiro atoms. The van der Waals surface area contributed by atoms with Crippen LogP contribution in [0.2, 0.25) is 0 Å². The smallest absolute Gasteiger partial charge is 0.271 e. The van der Waals surface area contributed by atoms with Gasteiger partial charge in [0.05, 0.1) is 23.8 Å². The zero-order chi connectivity index (χ0) is 27.6. The predicted octanol–water partition coefficient (Wildman–Crippen LogP) is 3.34. The minimum absolute atomic E-state index is 0.00439. The van der Waals surface area contributed by atoms with Crippen molar-refractivity contribution in [2.45, 2.75) is 57.9 Å². The average Bonchev–Trinajstić information content (AvgIpc) is 2.88. The highest BCUT2D eigenvalue weighted by Crippen LogP contribution is 2.33. The van der Waals surface area contributed by atoms with Gasteiger partial charge in [0.25, 0.3) is 5.56 Å². The van der Waals surface area contributed by atoms with Crippen LogP contribution in [0.25, 0.3) is 0 Å². The SMILES string of the molecule is CCCCC(CC)Cn1c(O)c(/N=N/c2ccc(S(=O)(=O)N(CCO)CCO)cc2)c(C)c(C#N)c1=O. The van der Waals surface area contributed by atoms with Gasteiger partial charge in [-0.05, 0) is 43.5 Å². The highest BCUT2D eigenvalue weighted by molar-refractivity contribution is 7.89. The molecule has 0 aliphatic rings. The third-order valence-electron chi connectivity index (χ3n) is 6.19. The first kappa shape index (κ1) is 30.1. The molecule has 1 atom stereocenters. The first-order valence-electron chi connectivity index (χ1n) is 12.3. The van der Waals surface area contributed by atoms with Gasteiger partial charge in [0.1, 0.15) is 11.6 Å². The molecular formula is C25H35N5O6S. The van der Waals surface area contributed by atoms with Crippen LogP contribution >= 0.6 is 0 Å². The molecule has 1 heterocycles. The molecule has 0 saturated heterocycles. The predicted molar refractivity (Wildman–Crippen MR) is 139 cm³/mol. The number of aliphatic hydroxyl groups excluding tert-OH is 2. The Balaban J connectivity index is 2.43. The van der Waals surface area contributed by atoms with Crippen molar-refractivity contribution in [3.8, 4) is 11.9 Å². The van der Waals surface area contributed by atoms with E-state index in [1.54, 1.807) is 0 Å². The summed E-state index contributed by atoms with van der Waals surface area (Å²) in [7, 11) is -3.94. The summed E-state index contributed by atoms with van der Waals surface area (Å²) in [6.07, 6.45) is 3.69. The number of nitrogens with zero attached hydrogens (tertiary/aromatic N) is 5. The molecule has 0 amide bonds. The molecule has 0 saturated carbocycles. The van der Waals surface area contributed by atoms with Crippen LogP contribution in [0.4, 0.5) is 11.4 Å². The van der Waals surface area contributed by atoms with Crippen LogP contribution in [0.1, 0.15) is 50.7 Å². The number of azo groups is 1. The Kier molecular flexibility index (Phi) is 11.4. The number of benzene rings is 1. The lowest BCUT2D eigenvalue weighted by atomic mass is 9.99. The Morgan fingerprint density at radius 2 is 1.73 bits per heavy atom. The van der Waals surface area contributed by atoms with Crippen molar-refractivity contribution >= 4 is 21.4 Å². The van der Waals surface area contributed by atoms with E-state index in [4.69, 9.17) is 10.2 Å². The summed E-state index contributed by atoms with van der Waals surface area (Å²) in [6, 6.07) is 7.37. The van der Waals surface area contributed by atoms with Gasteiger partial charge in [0.15, 0.2) is 5.69 Å². The fraction of sp³-hybridized carbons (Fsp3) is 0.520. The summed E-state index contributed by atoms with van der Waals surface area (Å²) in [4.78, 5) is 12.8. The number of sulfonamides is 1. The number of aromatic hydroxyl groups is 1. The summed E-state index contributed by atoms with van der Waals surface area (Å²) in [6.45, 7) is 4.77. The van der Waals surface area contributed by atoms with Crippen molar-refractivity contribution in [2.75, 3.05) is 26.3 Å². The molecule has 11 nitrogen and oxygen atoms in total. The van der Waals surface area contributed by atoms with Gasteiger partial charge in [-0.15, -0.1) is 5.11 Å². The van der Waals surface area contributed by atoms with Crippen molar-refractivity contribution in [2.24, 2.45) is 16.1 Å². The first-order chi connectivity index (χ1) is 17.7. The number of hydrogen-bond acceptors (Lipinski definition) is 9. The molecule has 0 radical (unpaired) electrons. The van der Waals surface area contributed by atoms with E-state index in [2.05, 4.69) is 17.2 Å². The van der Waals surface area contributed by atoms with Crippen LogP contribution in [0.5, 0.6) is 5.88 Å². The maximum atomic E-state index is 12.9. The van der Waals surface area contributed by atoms with E-state index in [9.17, 15) is 23.6 Å². The maximum absolute atomic E-state index is 12.9. The molecule has 12 heteroatoms. The van der Waals surface area contributed by atoms with Gasteiger partial charge >= 0.3 is 0 Å². The van der Waals surface area contributed by atoms with E-state index >= 15 is 0 Å². The number of pyridine rings is 1. The van der Waals surface area contributed by atoms with E-state index < -0.39 is 28.8 Å². The van der Waals surface area contributed by atoms with Gasteiger partial charge < -0.3 is 15.3 Å². The standard InChI is InChI=1S/C25H35N5O6S/c1-4-6-7-19(5-2)17-30-24(33)22(16-26)18(3)23(25(30)34)28-27-20-8-10-21(11-9-20)37(35,36)29(12-14-31)13-15-32/h8-11,19,31-32,34H,4-7,12-15,17H2,1-3H3/b28-27+. The van der Waals surface area contributed by atoms with Crippen LogP contribution < -0.4 is 5.56 Å². The zero-order valence-corrected chi connectivity index (χ0v) is 22.3. The summed E-state index contributed by atoms with van der Waals surface area (Å²) in [5, 5.41) is 46.9. The van der Waals surface area contributed by atoms with Crippen molar-refractivity contribution < 1.29 is 23.7 Å². The number of nitriles is 1. The maximum Gasteiger partial charge on any atom is 0.271 e. The minimum Gasteiger partial charge on any atom is -0.493 e. The van der Waals surface area contributed by atoms with Crippen LogP contribution in [0.3, 0.4) is 0 Å². The topological polar surface area (TPSA) is 169 Å². The second-order valence-corrected chi connectivity index (χ2v) is 10.6. The van der Waals surface area contributed by atoms with E-state index in [1.807, 2.05) is 13.0 Å². The highest BCUT2D eigenvalue weighted by atomic mass is 32.2. The molecule has 0 bridgehead atoms. The molecule has 1 unspecified atom stereocenters. The van der Waals surface area contributed by atoms with Crippen molar-refractivity contribution in [3.05, 3.63) is 45.7 Å². The molecule has 2 rings (SSSR count). The van der Waals surface area contributed by atoms with Crippen LogP contribution in [0, 0.1) is 24.2 Å². The fourth-order valence-electron chi connectivity index (χ4n) is 3.92. The molecular weight excluding hydrogens is 498 g/mol. The normalized spacial score (nSPS) is 12.8. The van der Waals surface area contributed by atoms with E-state index in [1.165, 1.54) is 35.8 Å². The second kappa shape index (κ2) is 14.0. The highest BCUT2D eigenvalue weighted by Gasteiger charge is 2.24. The molecule has 3 N–H and O–H groups in total. The lowest BCUT2D eigenvalue weighted by Crippen LogP contribution is -2.35. The van der Waals surface area contributed by atoms with Crippen molar-refractivity contribution in [1.82, 2.24) is 8.87 Å². The Bertz CT molecular complexity index is 1280. The van der Waals surface area contributed by atoms with Crippen molar-refractivity contribution in [1.29, 1.82) is 5.26 Å². The van der Waals surface area contributed by atoms with Crippen LogP contribution in [-0.2, 0) is 16.6 Å². The number of hydrogen-bond donors (Lipinski definition) is 3. The lowest BCUT2D eigenvalue weighted by molar-refractivity contribution is 0.217. The third kappa shape index (κ3) is 7.23. The van der Waals surface area contributed by atoms with Gasteiger partial charge in [0, 0.05) is 25.2 Å². The van der Waals surface area contributed by atoms with E-state index in [0.29, 0.717) is 0 Å². The van der Waals surface area contributed by atoms with Gasteiger partial charge in [-0.3, -0.25) is 9.36 Å². The molecule has 0 aliphatic heterocycles. The molecule has 202 valence electrons. The Labute approximate surface area is 217 Å². The fourth-order valence-corrected chi connectivity index (χ4v) is 5.34. The molecule has 37 heavy (non-hydrogen) atoms. The molecule has 0 aliphatic carbocycles. The number of aliphatic hydroxyl groups is 2. The number of aromatic nitrogens is 1. The van der Waals surface area contributed by atoms with Crippen molar-refractivity contribution in [3.63, 3.8) is 0 Å². The Morgan fingerprint density at radius 3 is 2.24 bits per heavy atom. The molecule has 1 aromatic carbocycles. The zero-order valence-electron chi connectivity index (χ0n) is 21.5. The first-order valence-corrected chi connectivity index (χ1v) is 13.7. The summed E-state index contributed by atoms with van der Waals surface area (Å²) < 4.78 is 27.7. The molecule has 0 fully saturated rings. The Morgan fingerprint density at radius 1 is 1.11 bits per heavy atom. The second-order valence-electron chi connectivity index (χ2n) is 8.66. The van der Waals surface area contributed by atoms with Gasteiger partial charge in [-0.2, -0.15) is 14.7 Å². The Hall–Kier alpha value is -3.11. The third-order valence-corrected chi connectivity index (χ3v) is 8.10. The van der Waals surface area contributed by atoms with Crippen LogP contribution in [-0.4, -0.2) is 58.9 Å². The largest absolute Gasteiger partial charge is 0.493 e.